The normalized spacial score (nSPS) is 16.3. The minimum Gasteiger partial charge on any atom is -0.444 e. The summed E-state index contributed by atoms with van der Waals surface area (Å²) in [7, 11) is 0. The molecule has 0 bridgehead atoms. The zero-order valence-corrected chi connectivity index (χ0v) is 16.4. The van der Waals surface area contributed by atoms with Gasteiger partial charge in [0, 0.05) is 24.0 Å². The van der Waals surface area contributed by atoms with E-state index >= 15 is 0 Å². The first-order chi connectivity index (χ1) is 11.7. The van der Waals surface area contributed by atoms with Crippen LogP contribution in [0.1, 0.15) is 44.1 Å². The van der Waals surface area contributed by atoms with E-state index in [1.165, 1.54) is 10.4 Å². The maximum Gasteiger partial charge on any atom is 0.410 e. The molecule has 0 spiro atoms. The van der Waals surface area contributed by atoms with Gasteiger partial charge in [0.15, 0.2) is 0 Å². The fourth-order valence-electron chi connectivity index (χ4n) is 3.02. The number of likely N-dealkylation sites (tertiary alicyclic amines) is 1. The van der Waals surface area contributed by atoms with Crippen molar-refractivity contribution in [2.75, 3.05) is 18.4 Å². The van der Waals surface area contributed by atoms with Crippen LogP contribution in [0.2, 0.25) is 0 Å². The standard InChI is InChI=1S/C18H26N4O2S/c1-11-12(2)25-16-14(11)15(19-10-20-16)21-13-6-8-22(9-7-13)17(23)24-18(3,4)5/h10,13H,6-9H2,1-5H3,(H,19,20,21). The summed E-state index contributed by atoms with van der Waals surface area (Å²) in [5.74, 6) is 0.905. The molecule has 1 aliphatic heterocycles. The lowest BCUT2D eigenvalue weighted by Gasteiger charge is -2.34. The van der Waals surface area contributed by atoms with E-state index in [1.807, 2.05) is 20.8 Å². The molecule has 0 radical (unpaired) electrons. The van der Waals surface area contributed by atoms with Crippen molar-refractivity contribution in [3.8, 4) is 0 Å². The van der Waals surface area contributed by atoms with Crippen LogP contribution in [0.15, 0.2) is 6.33 Å². The largest absolute Gasteiger partial charge is 0.444 e. The molecular weight excluding hydrogens is 336 g/mol. The summed E-state index contributed by atoms with van der Waals surface area (Å²) in [5.41, 5.74) is 0.793. The number of anilines is 1. The molecule has 0 saturated carbocycles. The first-order valence-corrected chi connectivity index (χ1v) is 9.51. The molecule has 3 rings (SSSR count). The maximum atomic E-state index is 12.2. The van der Waals surface area contributed by atoms with Crippen LogP contribution in [0, 0.1) is 13.8 Å². The molecule has 1 N–H and O–H groups in total. The van der Waals surface area contributed by atoms with Gasteiger partial charge in [-0.3, -0.25) is 0 Å². The summed E-state index contributed by atoms with van der Waals surface area (Å²) in [4.78, 5) is 25.1. The minimum absolute atomic E-state index is 0.223. The average Bonchev–Trinajstić information content (AvgIpc) is 2.82. The third kappa shape index (κ3) is 4.03. The molecule has 136 valence electrons. The third-order valence-electron chi connectivity index (χ3n) is 4.45. The number of carbonyl (C=O) groups is 1. The number of amides is 1. The number of hydrogen-bond acceptors (Lipinski definition) is 6. The molecule has 1 saturated heterocycles. The molecule has 0 aliphatic carbocycles. The predicted molar refractivity (Wildman–Crippen MR) is 101 cm³/mol. The number of nitrogens with zero attached hydrogens (tertiary/aromatic N) is 3. The first kappa shape index (κ1) is 17.9. The van der Waals surface area contributed by atoms with Gasteiger partial charge in [0.25, 0.3) is 0 Å². The molecule has 2 aromatic rings. The van der Waals surface area contributed by atoms with Gasteiger partial charge in [0.05, 0.1) is 5.39 Å². The van der Waals surface area contributed by atoms with E-state index in [0.717, 1.165) is 28.9 Å². The highest BCUT2D eigenvalue weighted by Gasteiger charge is 2.27. The molecule has 1 fully saturated rings. The number of aromatic nitrogens is 2. The van der Waals surface area contributed by atoms with Crippen molar-refractivity contribution in [3.63, 3.8) is 0 Å². The van der Waals surface area contributed by atoms with Crippen molar-refractivity contribution in [1.29, 1.82) is 0 Å². The Hall–Kier alpha value is -1.89. The van der Waals surface area contributed by atoms with Gasteiger partial charge in [0.2, 0.25) is 0 Å². The molecule has 0 atom stereocenters. The van der Waals surface area contributed by atoms with Crippen LogP contribution in [-0.2, 0) is 4.74 Å². The Balaban J connectivity index is 1.64. The third-order valence-corrected chi connectivity index (χ3v) is 5.57. The molecule has 7 heteroatoms. The van der Waals surface area contributed by atoms with Gasteiger partial charge in [-0.2, -0.15) is 0 Å². The van der Waals surface area contributed by atoms with Crippen molar-refractivity contribution in [2.45, 2.75) is 59.1 Å². The monoisotopic (exact) mass is 362 g/mol. The number of aryl methyl sites for hydroxylation is 2. The van der Waals surface area contributed by atoms with E-state index in [0.29, 0.717) is 19.1 Å². The predicted octanol–water partition coefficient (Wildman–Crippen LogP) is 4.12. The lowest BCUT2D eigenvalue weighted by molar-refractivity contribution is 0.0210. The summed E-state index contributed by atoms with van der Waals surface area (Å²) in [5, 5.41) is 4.69. The highest BCUT2D eigenvalue weighted by atomic mass is 32.1. The lowest BCUT2D eigenvalue weighted by Crippen LogP contribution is -2.44. The number of thiophene rings is 1. The number of piperidine rings is 1. The molecular formula is C18H26N4O2S. The summed E-state index contributed by atoms with van der Waals surface area (Å²) < 4.78 is 5.45. The lowest BCUT2D eigenvalue weighted by atomic mass is 10.0. The van der Waals surface area contributed by atoms with Crippen molar-refractivity contribution >= 4 is 33.5 Å². The van der Waals surface area contributed by atoms with Crippen LogP contribution in [0.25, 0.3) is 10.2 Å². The molecule has 3 heterocycles. The van der Waals surface area contributed by atoms with Crippen LogP contribution < -0.4 is 5.32 Å². The zero-order chi connectivity index (χ0) is 18.2. The van der Waals surface area contributed by atoms with Crippen molar-refractivity contribution in [3.05, 3.63) is 16.8 Å². The Morgan fingerprint density at radius 3 is 2.60 bits per heavy atom. The quantitative estimate of drug-likeness (QED) is 0.870. The van der Waals surface area contributed by atoms with Gasteiger partial charge in [-0.15, -0.1) is 11.3 Å². The Morgan fingerprint density at radius 1 is 1.28 bits per heavy atom. The SMILES string of the molecule is Cc1sc2ncnc(NC3CCN(C(=O)OC(C)(C)C)CC3)c2c1C. The van der Waals surface area contributed by atoms with Gasteiger partial charge in [0.1, 0.15) is 22.6 Å². The second kappa shape index (κ2) is 6.78. The van der Waals surface area contributed by atoms with Crippen molar-refractivity contribution < 1.29 is 9.53 Å². The molecule has 0 unspecified atom stereocenters. The van der Waals surface area contributed by atoms with Crippen LogP contribution in [0.5, 0.6) is 0 Å². The second-order valence-corrected chi connectivity index (χ2v) is 8.77. The van der Waals surface area contributed by atoms with E-state index < -0.39 is 5.60 Å². The zero-order valence-electron chi connectivity index (χ0n) is 15.5. The maximum absolute atomic E-state index is 12.2. The summed E-state index contributed by atoms with van der Waals surface area (Å²) in [6, 6.07) is 0.302. The van der Waals surface area contributed by atoms with Crippen LogP contribution in [0.3, 0.4) is 0 Å². The van der Waals surface area contributed by atoms with Gasteiger partial charge in [-0.25, -0.2) is 14.8 Å². The van der Waals surface area contributed by atoms with E-state index in [-0.39, 0.29) is 6.09 Å². The first-order valence-electron chi connectivity index (χ1n) is 8.70. The summed E-state index contributed by atoms with van der Waals surface area (Å²) in [6.45, 7) is 11.3. The fourth-order valence-corrected chi connectivity index (χ4v) is 4.01. The van der Waals surface area contributed by atoms with E-state index in [4.69, 9.17) is 4.74 Å². The summed E-state index contributed by atoms with van der Waals surface area (Å²) in [6.07, 6.45) is 3.16. The van der Waals surface area contributed by atoms with Crippen LogP contribution >= 0.6 is 11.3 Å². The second-order valence-electron chi connectivity index (χ2n) is 7.57. The summed E-state index contributed by atoms with van der Waals surface area (Å²) >= 11 is 1.70. The van der Waals surface area contributed by atoms with Gasteiger partial charge < -0.3 is 15.0 Å². The highest BCUT2D eigenvalue weighted by Crippen LogP contribution is 2.33. The number of fused-ring (bicyclic) bond motifs is 1. The van der Waals surface area contributed by atoms with E-state index in [1.54, 1.807) is 22.6 Å². The topological polar surface area (TPSA) is 67.4 Å². The number of rotatable bonds is 2. The number of carbonyl (C=O) groups excluding carboxylic acids is 1. The highest BCUT2D eigenvalue weighted by molar-refractivity contribution is 7.18. The molecule has 2 aromatic heterocycles. The molecule has 6 nitrogen and oxygen atoms in total. The molecule has 1 amide bonds. The molecule has 1 aliphatic rings. The fraction of sp³-hybridized carbons (Fsp3) is 0.611. The number of ether oxygens (including phenoxy) is 1. The number of nitrogens with one attached hydrogen (secondary N) is 1. The van der Waals surface area contributed by atoms with Crippen LogP contribution in [0.4, 0.5) is 10.6 Å². The Labute approximate surface area is 152 Å². The average molecular weight is 362 g/mol. The van der Waals surface area contributed by atoms with E-state index in [2.05, 4.69) is 29.1 Å². The van der Waals surface area contributed by atoms with Crippen molar-refractivity contribution in [2.24, 2.45) is 0 Å². The van der Waals surface area contributed by atoms with Gasteiger partial charge in [-0.1, -0.05) is 0 Å². The Bertz CT molecular complexity index is 773. The van der Waals surface area contributed by atoms with Crippen molar-refractivity contribution in [1.82, 2.24) is 14.9 Å². The smallest absolute Gasteiger partial charge is 0.410 e. The Kier molecular flexibility index (Phi) is 4.86. The van der Waals surface area contributed by atoms with Gasteiger partial charge in [-0.05, 0) is 53.0 Å². The van der Waals surface area contributed by atoms with Gasteiger partial charge >= 0.3 is 6.09 Å². The van der Waals surface area contributed by atoms with E-state index in [9.17, 15) is 4.79 Å². The van der Waals surface area contributed by atoms with Crippen LogP contribution in [-0.4, -0.2) is 45.7 Å². The molecule has 0 aromatic carbocycles. The Morgan fingerprint density at radius 2 is 1.96 bits per heavy atom. The molecule has 25 heavy (non-hydrogen) atoms. The number of hydrogen-bond donors (Lipinski definition) is 1. The minimum atomic E-state index is -0.451.